The maximum atomic E-state index is 11.9. The highest BCUT2D eigenvalue weighted by Gasteiger charge is 2.62. The number of benzene rings is 1. The smallest absolute Gasteiger partial charge is 0.408 e. The number of amides is 1. The third kappa shape index (κ3) is 3.35. The molecule has 114 valence electrons. The third-order valence-electron chi connectivity index (χ3n) is 3.51. The van der Waals surface area contributed by atoms with Crippen molar-refractivity contribution in [3.05, 3.63) is 35.4 Å². The Kier molecular flexibility index (Phi) is 3.70. The fraction of sp³-hybridized carbons (Fsp3) is 0.500. The number of rotatable bonds is 3. The van der Waals surface area contributed by atoms with Gasteiger partial charge in [0.15, 0.2) is 0 Å². The molecule has 0 aromatic heterocycles. The first-order chi connectivity index (χ1) is 9.64. The van der Waals surface area contributed by atoms with Gasteiger partial charge in [-0.3, -0.25) is 0 Å². The third-order valence-corrected chi connectivity index (χ3v) is 3.51. The van der Waals surface area contributed by atoms with E-state index in [0.717, 1.165) is 11.1 Å². The summed E-state index contributed by atoms with van der Waals surface area (Å²) in [6.07, 6.45) is -0.314. The van der Waals surface area contributed by atoms with Crippen LogP contribution in [0.15, 0.2) is 24.3 Å². The lowest BCUT2D eigenvalue weighted by Gasteiger charge is -2.22. The molecule has 0 radical (unpaired) electrons. The molecule has 2 unspecified atom stereocenters. The molecule has 1 aliphatic rings. The second-order valence-electron chi connectivity index (χ2n) is 6.57. The van der Waals surface area contributed by atoms with E-state index in [1.807, 2.05) is 31.2 Å². The first-order valence-electron chi connectivity index (χ1n) is 6.95. The molecule has 5 nitrogen and oxygen atoms in total. The molecule has 1 aromatic carbocycles. The summed E-state index contributed by atoms with van der Waals surface area (Å²) in [4.78, 5) is 23.4. The lowest BCUT2D eigenvalue weighted by molar-refractivity contribution is -0.140. The summed E-state index contributed by atoms with van der Waals surface area (Å²) in [6, 6.07) is 7.68. The molecule has 0 saturated heterocycles. The molecule has 2 N–H and O–H groups in total. The van der Waals surface area contributed by atoms with Crippen molar-refractivity contribution in [1.82, 2.24) is 5.32 Å². The fourth-order valence-electron chi connectivity index (χ4n) is 2.47. The summed E-state index contributed by atoms with van der Waals surface area (Å²) < 4.78 is 5.16. The van der Waals surface area contributed by atoms with E-state index >= 15 is 0 Å². The van der Waals surface area contributed by atoms with E-state index in [1.165, 1.54) is 0 Å². The predicted octanol–water partition coefficient (Wildman–Crippen LogP) is 2.83. The molecule has 1 aliphatic carbocycles. The maximum Gasteiger partial charge on any atom is 0.408 e. The molecule has 2 rings (SSSR count). The van der Waals surface area contributed by atoms with Gasteiger partial charge in [0.05, 0.1) is 0 Å². The standard InChI is InChI=1S/C16H21NO4/c1-10-6-5-7-11(8-10)12-9-16(12,13(18)19)17-14(20)21-15(2,3)4/h5-8,12H,9H2,1-4H3,(H,17,20)(H,18,19). The summed E-state index contributed by atoms with van der Waals surface area (Å²) in [5.41, 5.74) is 0.0811. The quantitative estimate of drug-likeness (QED) is 0.898. The van der Waals surface area contributed by atoms with Crippen LogP contribution in [0.25, 0.3) is 0 Å². The predicted molar refractivity (Wildman–Crippen MR) is 78.3 cm³/mol. The van der Waals surface area contributed by atoms with Gasteiger partial charge in [-0.1, -0.05) is 29.8 Å². The van der Waals surface area contributed by atoms with Crippen molar-refractivity contribution in [1.29, 1.82) is 0 Å². The van der Waals surface area contributed by atoms with E-state index in [2.05, 4.69) is 5.32 Å². The van der Waals surface area contributed by atoms with Crippen LogP contribution in [0.2, 0.25) is 0 Å². The molecule has 2 atom stereocenters. The number of carbonyl (C=O) groups is 2. The molecule has 0 heterocycles. The minimum atomic E-state index is -1.25. The molecule has 1 amide bonds. The minimum Gasteiger partial charge on any atom is -0.479 e. The fourth-order valence-corrected chi connectivity index (χ4v) is 2.47. The maximum absolute atomic E-state index is 11.9. The van der Waals surface area contributed by atoms with E-state index < -0.39 is 23.2 Å². The number of ether oxygens (including phenoxy) is 1. The number of carboxylic acids is 1. The Morgan fingerprint density at radius 2 is 2.05 bits per heavy atom. The number of aliphatic carboxylic acids is 1. The van der Waals surface area contributed by atoms with Crippen LogP contribution in [-0.2, 0) is 9.53 Å². The van der Waals surface area contributed by atoms with Gasteiger partial charge in [0.25, 0.3) is 0 Å². The molecule has 0 spiro atoms. The summed E-state index contributed by atoms with van der Waals surface area (Å²) in [7, 11) is 0. The summed E-state index contributed by atoms with van der Waals surface area (Å²) in [6.45, 7) is 7.18. The highest BCUT2D eigenvalue weighted by molar-refractivity contribution is 5.90. The van der Waals surface area contributed by atoms with E-state index in [9.17, 15) is 14.7 Å². The van der Waals surface area contributed by atoms with E-state index in [-0.39, 0.29) is 5.92 Å². The summed E-state index contributed by atoms with van der Waals surface area (Å²) in [5, 5.41) is 12.0. The molecule has 0 aliphatic heterocycles. The van der Waals surface area contributed by atoms with Gasteiger partial charge in [-0.15, -0.1) is 0 Å². The monoisotopic (exact) mass is 291 g/mol. The first kappa shape index (κ1) is 15.4. The zero-order valence-corrected chi connectivity index (χ0v) is 12.8. The van der Waals surface area contributed by atoms with Crippen LogP contribution >= 0.6 is 0 Å². The van der Waals surface area contributed by atoms with Gasteiger partial charge >= 0.3 is 12.1 Å². The second-order valence-corrected chi connectivity index (χ2v) is 6.57. The van der Waals surface area contributed by atoms with Crippen LogP contribution < -0.4 is 5.32 Å². The molecule has 1 saturated carbocycles. The molecule has 0 bridgehead atoms. The number of nitrogens with one attached hydrogen (secondary N) is 1. The van der Waals surface area contributed by atoms with Crippen LogP contribution in [0.3, 0.4) is 0 Å². The van der Waals surface area contributed by atoms with Crippen LogP contribution in [-0.4, -0.2) is 28.3 Å². The van der Waals surface area contributed by atoms with Crippen molar-refractivity contribution < 1.29 is 19.4 Å². The number of alkyl carbamates (subject to hydrolysis) is 1. The lowest BCUT2D eigenvalue weighted by atomic mass is 10.0. The number of carbonyl (C=O) groups excluding carboxylic acids is 1. The van der Waals surface area contributed by atoms with Crippen LogP contribution in [0.1, 0.15) is 44.2 Å². The van der Waals surface area contributed by atoms with Crippen LogP contribution in [0, 0.1) is 6.92 Å². The Balaban J connectivity index is 2.15. The van der Waals surface area contributed by atoms with Gasteiger partial charge in [0.2, 0.25) is 0 Å². The lowest BCUT2D eigenvalue weighted by Crippen LogP contribution is -2.46. The first-order valence-corrected chi connectivity index (χ1v) is 6.95. The number of hydrogen-bond donors (Lipinski definition) is 2. The Labute approximate surface area is 124 Å². The van der Waals surface area contributed by atoms with Gasteiger partial charge in [-0.05, 0) is 39.7 Å². The van der Waals surface area contributed by atoms with Gasteiger partial charge in [-0.25, -0.2) is 9.59 Å². The average Bonchev–Trinajstić information content (AvgIpc) is 3.02. The second kappa shape index (κ2) is 5.06. The van der Waals surface area contributed by atoms with Crippen LogP contribution in [0.5, 0.6) is 0 Å². The Hall–Kier alpha value is -2.04. The van der Waals surface area contributed by atoms with E-state index in [1.54, 1.807) is 20.8 Å². The number of carboxylic acid groups (broad SMARTS) is 1. The molecule has 1 aromatic rings. The number of hydrogen-bond acceptors (Lipinski definition) is 3. The average molecular weight is 291 g/mol. The molecular weight excluding hydrogens is 270 g/mol. The molecule has 21 heavy (non-hydrogen) atoms. The Bertz CT molecular complexity index is 576. The van der Waals surface area contributed by atoms with Crippen molar-refractivity contribution in [3.8, 4) is 0 Å². The van der Waals surface area contributed by atoms with Crippen molar-refractivity contribution in [3.63, 3.8) is 0 Å². The van der Waals surface area contributed by atoms with Gasteiger partial charge in [0, 0.05) is 5.92 Å². The highest BCUT2D eigenvalue weighted by Crippen LogP contribution is 2.51. The van der Waals surface area contributed by atoms with Gasteiger partial charge in [0.1, 0.15) is 11.1 Å². The zero-order valence-electron chi connectivity index (χ0n) is 12.8. The molecular formula is C16H21NO4. The molecule has 5 heteroatoms. The van der Waals surface area contributed by atoms with Crippen molar-refractivity contribution in [2.75, 3.05) is 0 Å². The van der Waals surface area contributed by atoms with Crippen molar-refractivity contribution >= 4 is 12.1 Å². The van der Waals surface area contributed by atoms with Crippen LogP contribution in [0.4, 0.5) is 4.79 Å². The highest BCUT2D eigenvalue weighted by atomic mass is 16.6. The largest absolute Gasteiger partial charge is 0.479 e. The SMILES string of the molecule is Cc1cccc(C2CC2(NC(=O)OC(C)(C)C)C(=O)O)c1. The van der Waals surface area contributed by atoms with Gasteiger partial charge < -0.3 is 15.2 Å². The van der Waals surface area contributed by atoms with E-state index in [4.69, 9.17) is 4.74 Å². The summed E-state index contributed by atoms with van der Waals surface area (Å²) >= 11 is 0. The normalized spacial score (nSPS) is 24.3. The Morgan fingerprint density at radius 3 is 2.57 bits per heavy atom. The van der Waals surface area contributed by atoms with Crippen molar-refractivity contribution in [2.24, 2.45) is 0 Å². The van der Waals surface area contributed by atoms with Gasteiger partial charge in [-0.2, -0.15) is 0 Å². The van der Waals surface area contributed by atoms with E-state index in [0.29, 0.717) is 6.42 Å². The minimum absolute atomic E-state index is 0.220. The zero-order chi connectivity index (χ0) is 15.8. The summed E-state index contributed by atoms with van der Waals surface area (Å²) in [5.74, 6) is -1.25. The topological polar surface area (TPSA) is 75.6 Å². The molecule has 1 fully saturated rings. The number of aryl methyl sites for hydroxylation is 1. The Morgan fingerprint density at radius 1 is 1.38 bits per heavy atom. The van der Waals surface area contributed by atoms with Crippen molar-refractivity contribution in [2.45, 2.75) is 51.2 Å².